The van der Waals surface area contributed by atoms with Crippen LogP contribution in [0.4, 0.5) is 5.69 Å². The van der Waals surface area contributed by atoms with Crippen LogP contribution in [0.2, 0.25) is 0 Å². The summed E-state index contributed by atoms with van der Waals surface area (Å²) in [6.45, 7) is 7.47. The molecular formula is C34H36N4O4S. The zero-order valence-corrected chi connectivity index (χ0v) is 25.6. The van der Waals surface area contributed by atoms with E-state index >= 15 is 0 Å². The van der Waals surface area contributed by atoms with Crippen LogP contribution in [0.15, 0.2) is 77.7 Å². The number of anilines is 1. The van der Waals surface area contributed by atoms with E-state index < -0.39 is 9.84 Å². The minimum atomic E-state index is -3.75. The van der Waals surface area contributed by atoms with E-state index in [-0.39, 0.29) is 22.5 Å². The molecule has 9 heteroatoms. The first-order valence-corrected chi connectivity index (χ1v) is 16.0. The van der Waals surface area contributed by atoms with E-state index in [9.17, 15) is 18.0 Å². The lowest BCUT2D eigenvalue weighted by molar-refractivity contribution is -0.110. The molecule has 0 aliphatic carbocycles. The van der Waals surface area contributed by atoms with Gasteiger partial charge in [0.05, 0.1) is 21.8 Å². The standard InChI is InChI=1S/C34H36N4O4S/c1-5-38(18-17-35-4)34(40)32-22(2)31(36-23(32)3)20-29-28-19-26(15-16-30(28)37-33(29)39)43(41,42)21-25-13-9-10-14-27(25)24-11-7-6-8-12-24/h6-16,19-20,35-36H,5,17-18,21H2,1-4H3,(H,37,39). The van der Waals surface area contributed by atoms with Gasteiger partial charge < -0.3 is 20.5 Å². The Morgan fingerprint density at radius 3 is 2.42 bits per heavy atom. The molecule has 43 heavy (non-hydrogen) atoms. The summed E-state index contributed by atoms with van der Waals surface area (Å²) in [4.78, 5) is 31.6. The molecule has 1 aliphatic heterocycles. The second-order valence-corrected chi connectivity index (χ2v) is 12.6. The van der Waals surface area contributed by atoms with Gasteiger partial charge in [-0.3, -0.25) is 9.59 Å². The number of hydrogen-bond acceptors (Lipinski definition) is 5. The quantitative estimate of drug-likeness (QED) is 0.211. The summed E-state index contributed by atoms with van der Waals surface area (Å²) < 4.78 is 27.4. The van der Waals surface area contributed by atoms with Gasteiger partial charge in [0.1, 0.15) is 0 Å². The molecule has 4 aromatic rings. The Labute approximate surface area is 252 Å². The van der Waals surface area contributed by atoms with Crippen molar-refractivity contribution in [2.75, 3.05) is 32.0 Å². The average Bonchev–Trinajstić information content (AvgIpc) is 3.46. The average molecular weight is 597 g/mol. The summed E-state index contributed by atoms with van der Waals surface area (Å²) in [5.74, 6) is -0.587. The van der Waals surface area contributed by atoms with Gasteiger partial charge in [-0.1, -0.05) is 54.6 Å². The van der Waals surface area contributed by atoms with Gasteiger partial charge in [-0.2, -0.15) is 0 Å². The molecule has 0 atom stereocenters. The molecule has 0 saturated heterocycles. The smallest absolute Gasteiger partial charge is 0.256 e. The maximum Gasteiger partial charge on any atom is 0.256 e. The van der Waals surface area contributed by atoms with Gasteiger partial charge in [0.2, 0.25) is 0 Å². The fourth-order valence-corrected chi connectivity index (χ4v) is 6.93. The number of hydrogen-bond donors (Lipinski definition) is 3. The SMILES string of the molecule is CCN(CCNC)C(=O)c1c(C)[nH]c(C=C2C(=O)Nc3ccc(S(=O)(=O)Cc4ccccc4-c4ccccc4)cc32)c1C. The number of sulfone groups is 1. The summed E-state index contributed by atoms with van der Waals surface area (Å²) in [6, 6.07) is 21.9. The van der Waals surface area contributed by atoms with Crippen LogP contribution in [-0.4, -0.2) is 56.8 Å². The van der Waals surface area contributed by atoms with E-state index in [1.54, 1.807) is 23.1 Å². The Morgan fingerprint density at radius 2 is 1.70 bits per heavy atom. The monoisotopic (exact) mass is 596 g/mol. The van der Waals surface area contributed by atoms with Gasteiger partial charge in [-0.25, -0.2) is 8.42 Å². The van der Waals surface area contributed by atoms with Crippen LogP contribution in [0.3, 0.4) is 0 Å². The minimum absolute atomic E-state index is 0.0749. The molecule has 5 rings (SSSR count). The van der Waals surface area contributed by atoms with Gasteiger partial charge in [0.15, 0.2) is 9.84 Å². The lowest BCUT2D eigenvalue weighted by atomic mass is 10.0. The number of amides is 2. The van der Waals surface area contributed by atoms with Crippen LogP contribution in [-0.2, 0) is 20.4 Å². The van der Waals surface area contributed by atoms with Gasteiger partial charge in [0.25, 0.3) is 11.8 Å². The number of aryl methyl sites for hydroxylation is 1. The number of fused-ring (bicyclic) bond motifs is 1. The molecule has 1 aliphatic rings. The van der Waals surface area contributed by atoms with Crippen molar-refractivity contribution in [1.29, 1.82) is 0 Å². The summed E-state index contributed by atoms with van der Waals surface area (Å²) in [5.41, 5.74) is 6.55. The molecule has 3 aromatic carbocycles. The van der Waals surface area contributed by atoms with Crippen LogP contribution in [0.1, 0.15) is 45.4 Å². The second-order valence-electron chi connectivity index (χ2n) is 10.7. The predicted octanol–water partition coefficient (Wildman–Crippen LogP) is 5.45. The number of likely N-dealkylation sites (N-methyl/N-ethyl adjacent to an activating group) is 2. The predicted molar refractivity (Wildman–Crippen MR) is 171 cm³/mol. The Balaban J connectivity index is 1.48. The number of aromatic nitrogens is 1. The van der Waals surface area contributed by atoms with Crippen molar-refractivity contribution in [1.82, 2.24) is 15.2 Å². The highest BCUT2D eigenvalue weighted by Gasteiger charge is 2.29. The molecular weight excluding hydrogens is 560 g/mol. The summed E-state index contributed by atoms with van der Waals surface area (Å²) in [5, 5.41) is 5.92. The van der Waals surface area contributed by atoms with E-state index in [1.165, 1.54) is 6.07 Å². The van der Waals surface area contributed by atoms with Crippen molar-refractivity contribution in [2.45, 2.75) is 31.4 Å². The minimum Gasteiger partial charge on any atom is -0.358 e. The fourth-order valence-electron chi connectivity index (χ4n) is 5.53. The first kappa shape index (κ1) is 30.0. The molecule has 0 radical (unpaired) electrons. The van der Waals surface area contributed by atoms with Gasteiger partial charge in [-0.15, -0.1) is 0 Å². The van der Waals surface area contributed by atoms with Crippen LogP contribution in [0.5, 0.6) is 0 Å². The third-order valence-electron chi connectivity index (χ3n) is 7.86. The Hall–Kier alpha value is -4.47. The third kappa shape index (κ3) is 6.04. The Bertz CT molecular complexity index is 1820. The molecule has 0 unspecified atom stereocenters. The molecule has 0 spiro atoms. The molecule has 0 fully saturated rings. The van der Waals surface area contributed by atoms with Crippen molar-refractivity contribution in [3.63, 3.8) is 0 Å². The molecule has 2 amide bonds. The van der Waals surface area contributed by atoms with Crippen molar-refractivity contribution >= 4 is 39.0 Å². The maximum atomic E-state index is 13.7. The molecule has 1 aromatic heterocycles. The molecule has 8 nitrogen and oxygen atoms in total. The molecule has 222 valence electrons. The zero-order chi connectivity index (χ0) is 30.7. The van der Waals surface area contributed by atoms with E-state index in [2.05, 4.69) is 15.6 Å². The molecule has 3 N–H and O–H groups in total. The van der Waals surface area contributed by atoms with E-state index in [0.29, 0.717) is 59.0 Å². The van der Waals surface area contributed by atoms with Crippen LogP contribution < -0.4 is 10.6 Å². The molecule has 2 heterocycles. The van der Waals surface area contributed by atoms with E-state index in [1.807, 2.05) is 82.4 Å². The highest BCUT2D eigenvalue weighted by molar-refractivity contribution is 7.90. The summed E-state index contributed by atoms with van der Waals surface area (Å²) in [7, 11) is -1.90. The topological polar surface area (TPSA) is 111 Å². The van der Waals surface area contributed by atoms with Crippen LogP contribution in [0, 0.1) is 13.8 Å². The zero-order valence-electron chi connectivity index (χ0n) is 24.8. The van der Waals surface area contributed by atoms with Crippen molar-refractivity contribution in [3.8, 4) is 11.1 Å². The number of carbonyl (C=O) groups is 2. The number of rotatable bonds is 10. The normalized spacial score (nSPS) is 13.7. The molecule has 0 bridgehead atoms. The van der Waals surface area contributed by atoms with E-state index in [0.717, 1.165) is 16.7 Å². The van der Waals surface area contributed by atoms with Gasteiger partial charge >= 0.3 is 0 Å². The number of carbonyl (C=O) groups excluding carboxylic acids is 2. The first-order chi connectivity index (χ1) is 20.6. The highest BCUT2D eigenvalue weighted by atomic mass is 32.2. The van der Waals surface area contributed by atoms with E-state index in [4.69, 9.17) is 0 Å². The number of nitrogens with one attached hydrogen (secondary N) is 3. The number of aromatic amines is 1. The fraction of sp³-hybridized carbons (Fsp3) is 0.235. The van der Waals surface area contributed by atoms with Gasteiger partial charge in [0, 0.05) is 42.3 Å². The van der Waals surface area contributed by atoms with Crippen molar-refractivity contribution in [3.05, 3.63) is 106 Å². The molecule has 0 saturated carbocycles. The van der Waals surface area contributed by atoms with Crippen LogP contribution >= 0.6 is 0 Å². The first-order valence-electron chi connectivity index (χ1n) is 14.3. The highest BCUT2D eigenvalue weighted by Crippen LogP contribution is 2.37. The number of benzene rings is 3. The van der Waals surface area contributed by atoms with Crippen LogP contribution in [0.25, 0.3) is 22.8 Å². The number of H-pyrrole nitrogens is 1. The Morgan fingerprint density at radius 1 is 0.977 bits per heavy atom. The number of nitrogens with zero attached hydrogens (tertiary/aromatic N) is 1. The van der Waals surface area contributed by atoms with Gasteiger partial charge in [-0.05, 0) is 74.3 Å². The summed E-state index contributed by atoms with van der Waals surface area (Å²) in [6.07, 6.45) is 1.70. The Kier molecular flexibility index (Phi) is 8.66. The lowest BCUT2D eigenvalue weighted by Crippen LogP contribution is -2.36. The van der Waals surface area contributed by atoms with Crippen molar-refractivity contribution < 1.29 is 18.0 Å². The summed E-state index contributed by atoms with van der Waals surface area (Å²) >= 11 is 0. The van der Waals surface area contributed by atoms with Crippen molar-refractivity contribution in [2.24, 2.45) is 0 Å². The second kappa shape index (κ2) is 12.4. The lowest BCUT2D eigenvalue weighted by Gasteiger charge is -2.21. The largest absolute Gasteiger partial charge is 0.358 e. The third-order valence-corrected chi connectivity index (χ3v) is 9.52. The maximum absolute atomic E-state index is 13.7.